The number of fused-ring (bicyclic) bond motifs is 1. The van der Waals surface area contributed by atoms with E-state index in [4.69, 9.17) is 4.74 Å². The van der Waals surface area contributed by atoms with E-state index >= 15 is 0 Å². The van der Waals surface area contributed by atoms with E-state index < -0.39 is 4.92 Å². The minimum atomic E-state index is -0.483. The van der Waals surface area contributed by atoms with Gasteiger partial charge in [-0.1, -0.05) is 36.2 Å². The van der Waals surface area contributed by atoms with Crippen LogP contribution >= 0.6 is 15.9 Å². The number of hydrogen-bond acceptors (Lipinski definition) is 6. The minimum Gasteiger partial charge on any atom is -0.484 e. The van der Waals surface area contributed by atoms with Crippen LogP contribution in [0.2, 0.25) is 0 Å². The lowest BCUT2D eigenvalue weighted by molar-refractivity contribution is -0.386. The molecule has 0 radical (unpaired) electrons. The Morgan fingerprint density at radius 2 is 2.06 bits per heavy atom. The summed E-state index contributed by atoms with van der Waals surface area (Å²) in [6.45, 7) is 5.86. The van der Waals surface area contributed by atoms with Gasteiger partial charge in [0.15, 0.2) is 5.75 Å². The number of aromatic nitrogens is 2. The molecule has 0 aliphatic carbocycles. The molecule has 0 aliphatic rings. The SMILES string of the molecule is CCCCc1nc2ccc(Br)cc2c(=O)n1N=Cc1ccc(O[C@@H](C)CC)c([N+](=O)[O-])c1. The quantitative estimate of drug-likeness (QED) is 0.220. The smallest absolute Gasteiger partial charge is 0.311 e. The number of benzene rings is 2. The second-order valence-corrected chi connectivity index (χ2v) is 8.39. The van der Waals surface area contributed by atoms with Crippen molar-refractivity contribution in [3.05, 3.63) is 72.7 Å². The van der Waals surface area contributed by atoms with Crippen molar-refractivity contribution in [1.82, 2.24) is 9.66 Å². The third-order valence-electron chi connectivity index (χ3n) is 5.03. The van der Waals surface area contributed by atoms with Crippen LogP contribution in [0.5, 0.6) is 5.75 Å². The zero-order valence-corrected chi connectivity index (χ0v) is 19.8. The van der Waals surface area contributed by atoms with Crippen molar-refractivity contribution >= 4 is 38.7 Å². The summed E-state index contributed by atoms with van der Waals surface area (Å²) >= 11 is 3.39. The summed E-state index contributed by atoms with van der Waals surface area (Å²) in [5.41, 5.74) is 0.659. The van der Waals surface area contributed by atoms with Crippen molar-refractivity contribution in [2.75, 3.05) is 0 Å². The van der Waals surface area contributed by atoms with Gasteiger partial charge in [-0.2, -0.15) is 9.78 Å². The van der Waals surface area contributed by atoms with Crippen molar-refractivity contribution in [3.8, 4) is 5.75 Å². The summed E-state index contributed by atoms with van der Waals surface area (Å²) in [7, 11) is 0. The fourth-order valence-corrected chi connectivity index (χ4v) is 3.45. The fraction of sp³-hybridized carbons (Fsp3) is 0.348. The lowest BCUT2D eigenvalue weighted by Gasteiger charge is -2.12. The second kappa shape index (κ2) is 10.5. The molecule has 0 N–H and O–H groups in total. The maximum Gasteiger partial charge on any atom is 0.311 e. The molecule has 0 amide bonds. The monoisotopic (exact) mass is 500 g/mol. The van der Waals surface area contributed by atoms with Gasteiger partial charge in [0, 0.05) is 22.5 Å². The highest BCUT2D eigenvalue weighted by Gasteiger charge is 2.17. The van der Waals surface area contributed by atoms with Crippen LogP contribution in [0.15, 0.2) is 50.8 Å². The van der Waals surface area contributed by atoms with Crippen LogP contribution in [0.3, 0.4) is 0 Å². The van der Waals surface area contributed by atoms with E-state index in [0.717, 1.165) is 23.7 Å². The highest BCUT2D eigenvalue weighted by atomic mass is 79.9. The second-order valence-electron chi connectivity index (χ2n) is 7.48. The minimum absolute atomic E-state index is 0.143. The molecule has 3 aromatic rings. The van der Waals surface area contributed by atoms with Crippen molar-refractivity contribution in [2.24, 2.45) is 5.10 Å². The number of nitrogens with zero attached hydrogens (tertiary/aromatic N) is 4. The van der Waals surface area contributed by atoms with Crippen molar-refractivity contribution < 1.29 is 9.66 Å². The van der Waals surface area contributed by atoms with Crippen LogP contribution in [-0.2, 0) is 6.42 Å². The predicted molar refractivity (Wildman–Crippen MR) is 129 cm³/mol. The number of ether oxygens (including phenoxy) is 1. The molecule has 8 nitrogen and oxygen atoms in total. The number of aryl methyl sites for hydroxylation is 1. The number of nitro groups is 1. The van der Waals surface area contributed by atoms with Crippen LogP contribution in [-0.4, -0.2) is 26.9 Å². The molecule has 3 rings (SSSR count). The molecular weight excluding hydrogens is 476 g/mol. The first-order valence-electron chi connectivity index (χ1n) is 10.5. The van der Waals surface area contributed by atoms with Gasteiger partial charge in [-0.25, -0.2) is 4.98 Å². The van der Waals surface area contributed by atoms with Gasteiger partial charge in [0.2, 0.25) is 0 Å². The Morgan fingerprint density at radius 3 is 2.75 bits per heavy atom. The van der Waals surface area contributed by atoms with E-state index in [0.29, 0.717) is 28.7 Å². The molecule has 0 saturated heterocycles. The molecule has 0 aliphatic heterocycles. The van der Waals surface area contributed by atoms with Crippen LogP contribution in [0.4, 0.5) is 5.69 Å². The van der Waals surface area contributed by atoms with Crippen LogP contribution in [0.25, 0.3) is 10.9 Å². The zero-order chi connectivity index (χ0) is 23.3. The van der Waals surface area contributed by atoms with Crippen LogP contribution in [0.1, 0.15) is 51.4 Å². The van der Waals surface area contributed by atoms with Gasteiger partial charge in [0.25, 0.3) is 5.56 Å². The third-order valence-corrected chi connectivity index (χ3v) is 5.53. The van der Waals surface area contributed by atoms with Gasteiger partial charge in [-0.3, -0.25) is 14.9 Å². The fourth-order valence-electron chi connectivity index (χ4n) is 3.09. The van der Waals surface area contributed by atoms with E-state index in [-0.39, 0.29) is 23.1 Å². The topological polar surface area (TPSA) is 99.6 Å². The molecule has 32 heavy (non-hydrogen) atoms. The van der Waals surface area contributed by atoms with Crippen molar-refractivity contribution in [2.45, 2.75) is 52.6 Å². The molecular formula is C23H25BrN4O4. The average Bonchev–Trinajstić information content (AvgIpc) is 2.78. The normalized spacial score (nSPS) is 12.4. The average molecular weight is 501 g/mol. The Hall–Kier alpha value is -3.07. The summed E-state index contributed by atoms with van der Waals surface area (Å²) in [6.07, 6.45) is 4.42. The lowest BCUT2D eigenvalue weighted by Crippen LogP contribution is -2.22. The van der Waals surface area contributed by atoms with E-state index in [9.17, 15) is 14.9 Å². The Morgan fingerprint density at radius 1 is 1.28 bits per heavy atom. The van der Waals surface area contributed by atoms with E-state index in [1.54, 1.807) is 24.3 Å². The van der Waals surface area contributed by atoms with Gasteiger partial charge in [-0.15, -0.1) is 0 Å². The molecule has 0 spiro atoms. The number of rotatable bonds is 9. The van der Waals surface area contributed by atoms with Crippen LogP contribution < -0.4 is 10.3 Å². The number of unbranched alkanes of at least 4 members (excludes halogenated alkanes) is 1. The van der Waals surface area contributed by atoms with Crippen molar-refractivity contribution in [3.63, 3.8) is 0 Å². The van der Waals surface area contributed by atoms with Gasteiger partial charge >= 0.3 is 5.69 Å². The summed E-state index contributed by atoms with van der Waals surface area (Å²) in [5, 5.41) is 16.3. The first-order valence-corrected chi connectivity index (χ1v) is 11.3. The summed E-state index contributed by atoms with van der Waals surface area (Å²) in [6, 6.07) is 9.98. The maximum absolute atomic E-state index is 13.1. The van der Waals surface area contributed by atoms with Gasteiger partial charge in [0.05, 0.1) is 28.1 Å². The number of halogens is 1. The molecule has 168 valence electrons. The van der Waals surface area contributed by atoms with Gasteiger partial charge in [0.1, 0.15) is 5.82 Å². The number of nitro benzene ring substituents is 1. The van der Waals surface area contributed by atoms with Crippen molar-refractivity contribution in [1.29, 1.82) is 0 Å². The zero-order valence-electron chi connectivity index (χ0n) is 18.2. The van der Waals surface area contributed by atoms with E-state index in [2.05, 4.69) is 32.9 Å². The molecule has 1 atom stereocenters. The van der Waals surface area contributed by atoms with E-state index in [1.807, 2.05) is 19.9 Å². The first kappa shape index (κ1) is 23.6. The Kier molecular flexibility index (Phi) is 7.74. The Labute approximate surface area is 194 Å². The Bertz CT molecular complexity index is 1220. The van der Waals surface area contributed by atoms with E-state index in [1.165, 1.54) is 17.0 Å². The predicted octanol–water partition coefficient (Wildman–Crippen LogP) is 5.47. The molecule has 2 aromatic carbocycles. The summed E-state index contributed by atoms with van der Waals surface area (Å²) in [4.78, 5) is 28.8. The third kappa shape index (κ3) is 5.40. The van der Waals surface area contributed by atoms with Crippen LogP contribution in [0, 0.1) is 10.1 Å². The molecule has 0 bridgehead atoms. The largest absolute Gasteiger partial charge is 0.484 e. The summed E-state index contributed by atoms with van der Waals surface area (Å²) < 4.78 is 7.71. The molecule has 9 heteroatoms. The highest BCUT2D eigenvalue weighted by Crippen LogP contribution is 2.29. The number of hydrogen-bond donors (Lipinski definition) is 0. The van der Waals surface area contributed by atoms with Gasteiger partial charge < -0.3 is 4.74 Å². The molecule has 1 heterocycles. The summed E-state index contributed by atoms with van der Waals surface area (Å²) in [5.74, 6) is 0.758. The van der Waals surface area contributed by atoms with Gasteiger partial charge in [-0.05, 0) is 50.1 Å². The lowest BCUT2D eigenvalue weighted by atomic mass is 10.2. The molecule has 0 unspecified atom stereocenters. The standard InChI is InChI=1S/C23H25BrN4O4/c1-4-6-7-22-26-19-10-9-17(24)13-18(19)23(29)27(22)25-14-16-8-11-21(32-15(3)5-2)20(12-16)28(30)31/h8-15H,4-7H2,1-3H3/t15-/m0/s1. The molecule has 1 aromatic heterocycles. The Balaban J connectivity index is 2.05. The molecule has 0 fully saturated rings. The highest BCUT2D eigenvalue weighted by molar-refractivity contribution is 9.10. The maximum atomic E-state index is 13.1. The first-order chi connectivity index (χ1) is 15.3. The molecule has 0 saturated carbocycles.